The second kappa shape index (κ2) is 6.79. The van der Waals surface area contributed by atoms with E-state index in [2.05, 4.69) is 20.7 Å². The van der Waals surface area contributed by atoms with E-state index in [4.69, 9.17) is 4.42 Å². The van der Waals surface area contributed by atoms with Crippen LogP contribution >= 0.6 is 0 Å². The highest BCUT2D eigenvalue weighted by Gasteiger charge is 2.09. The second-order valence-corrected chi connectivity index (χ2v) is 5.14. The van der Waals surface area contributed by atoms with E-state index >= 15 is 0 Å². The predicted octanol–water partition coefficient (Wildman–Crippen LogP) is 2.65. The van der Waals surface area contributed by atoms with E-state index in [0.29, 0.717) is 17.1 Å². The number of nitro benzene ring substituents is 1. The monoisotopic (exact) mass is 339 g/mol. The zero-order valence-corrected chi connectivity index (χ0v) is 13.1. The zero-order chi connectivity index (χ0) is 17.8. The van der Waals surface area contributed by atoms with Crippen LogP contribution in [0.25, 0.3) is 11.3 Å². The van der Waals surface area contributed by atoms with Gasteiger partial charge in [-0.3, -0.25) is 20.0 Å². The molecular formula is C16H13N5O4. The number of furan rings is 1. The van der Waals surface area contributed by atoms with Crippen LogP contribution < -0.4 is 5.43 Å². The van der Waals surface area contributed by atoms with Crippen LogP contribution in [0.5, 0.6) is 0 Å². The Bertz CT molecular complexity index is 940. The Morgan fingerprint density at radius 1 is 1.32 bits per heavy atom. The number of carbonyl (C=O) groups is 1. The Hall–Kier alpha value is -3.75. The van der Waals surface area contributed by atoms with Crippen LogP contribution in [-0.2, 0) is 0 Å². The quantitative estimate of drug-likeness (QED) is 0.420. The van der Waals surface area contributed by atoms with Gasteiger partial charge in [0, 0.05) is 23.4 Å². The minimum atomic E-state index is -0.465. The lowest BCUT2D eigenvalue weighted by Gasteiger charge is -1.96. The molecule has 3 rings (SSSR count). The van der Waals surface area contributed by atoms with Crippen molar-refractivity contribution in [3.8, 4) is 11.3 Å². The third kappa shape index (κ3) is 3.78. The summed E-state index contributed by atoms with van der Waals surface area (Å²) in [6.07, 6.45) is 1.35. The average molecular weight is 339 g/mol. The Labute approximate surface area is 141 Å². The molecule has 0 aliphatic carbocycles. The first-order valence-corrected chi connectivity index (χ1v) is 7.23. The summed E-state index contributed by atoms with van der Waals surface area (Å²) in [6, 6.07) is 11.0. The number of non-ortho nitro benzene ring substituents is 1. The standard InChI is InChI=1S/C16H13N5O4/c1-10-8-14(19-18-10)16(22)20-17-9-13-6-7-15(25-13)11-2-4-12(5-3-11)21(23)24/h2-9H,1H3,(H,18,19)(H,20,22). The molecular weight excluding hydrogens is 326 g/mol. The van der Waals surface area contributed by atoms with Gasteiger partial charge in [0.1, 0.15) is 11.5 Å². The summed E-state index contributed by atoms with van der Waals surface area (Å²) in [7, 11) is 0. The normalized spacial score (nSPS) is 10.9. The van der Waals surface area contributed by atoms with E-state index < -0.39 is 10.8 Å². The maximum absolute atomic E-state index is 11.8. The summed E-state index contributed by atoms with van der Waals surface area (Å²) < 4.78 is 5.57. The fourth-order valence-electron chi connectivity index (χ4n) is 2.07. The van der Waals surface area contributed by atoms with Gasteiger partial charge in [-0.15, -0.1) is 0 Å². The van der Waals surface area contributed by atoms with Crippen molar-refractivity contribution in [1.29, 1.82) is 0 Å². The van der Waals surface area contributed by atoms with Crippen molar-refractivity contribution in [3.05, 3.63) is 69.7 Å². The molecule has 0 radical (unpaired) electrons. The van der Waals surface area contributed by atoms with Gasteiger partial charge in [-0.1, -0.05) is 0 Å². The van der Waals surface area contributed by atoms with Crippen LogP contribution in [0, 0.1) is 17.0 Å². The SMILES string of the molecule is Cc1cc(C(=O)NN=Cc2ccc(-c3ccc([N+](=O)[O-])cc3)o2)n[nH]1. The van der Waals surface area contributed by atoms with Crippen LogP contribution in [0.1, 0.15) is 21.9 Å². The van der Waals surface area contributed by atoms with Crippen LogP contribution in [0.4, 0.5) is 5.69 Å². The summed E-state index contributed by atoms with van der Waals surface area (Å²) in [5.41, 5.74) is 4.05. The summed E-state index contributed by atoms with van der Waals surface area (Å²) in [5.74, 6) is 0.514. The molecule has 2 heterocycles. The molecule has 0 aliphatic rings. The molecule has 0 fully saturated rings. The Kier molecular flexibility index (Phi) is 4.38. The lowest BCUT2D eigenvalue weighted by Crippen LogP contribution is -2.17. The van der Waals surface area contributed by atoms with Gasteiger partial charge >= 0.3 is 0 Å². The third-order valence-electron chi connectivity index (χ3n) is 3.29. The Morgan fingerprint density at radius 3 is 2.72 bits per heavy atom. The molecule has 1 aromatic carbocycles. The van der Waals surface area contributed by atoms with E-state index in [0.717, 1.165) is 5.69 Å². The first-order chi connectivity index (χ1) is 12.0. The van der Waals surface area contributed by atoms with E-state index in [1.54, 1.807) is 37.3 Å². The summed E-state index contributed by atoms with van der Waals surface area (Å²) >= 11 is 0. The second-order valence-electron chi connectivity index (χ2n) is 5.14. The lowest BCUT2D eigenvalue weighted by atomic mass is 10.1. The molecule has 1 amide bonds. The first-order valence-electron chi connectivity index (χ1n) is 7.23. The van der Waals surface area contributed by atoms with Gasteiger partial charge in [0.15, 0.2) is 5.69 Å². The van der Waals surface area contributed by atoms with E-state index in [1.165, 1.54) is 18.3 Å². The van der Waals surface area contributed by atoms with Gasteiger partial charge in [-0.05, 0) is 37.3 Å². The lowest BCUT2D eigenvalue weighted by molar-refractivity contribution is -0.384. The van der Waals surface area contributed by atoms with Crippen molar-refractivity contribution in [2.45, 2.75) is 6.92 Å². The highest BCUT2D eigenvalue weighted by Crippen LogP contribution is 2.23. The molecule has 9 heteroatoms. The van der Waals surface area contributed by atoms with Gasteiger partial charge < -0.3 is 4.42 Å². The first kappa shape index (κ1) is 16.1. The van der Waals surface area contributed by atoms with Crippen molar-refractivity contribution in [3.63, 3.8) is 0 Å². The topological polar surface area (TPSA) is 126 Å². The van der Waals surface area contributed by atoms with Gasteiger partial charge in [-0.25, -0.2) is 5.43 Å². The number of hydrazone groups is 1. The zero-order valence-electron chi connectivity index (χ0n) is 13.1. The number of rotatable bonds is 5. The number of aromatic nitrogens is 2. The number of nitrogens with zero attached hydrogens (tertiary/aromatic N) is 3. The van der Waals surface area contributed by atoms with Crippen LogP contribution in [0.2, 0.25) is 0 Å². The molecule has 9 nitrogen and oxygen atoms in total. The highest BCUT2D eigenvalue weighted by molar-refractivity contribution is 5.93. The molecule has 0 saturated carbocycles. The minimum Gasteiger partial charge on any atom is -0.455 e. The summed E-state index contributed by atoms with van der Waals surface area (Å²) in [5, 5.41) is 21.0. The third-order valence-corrected chi connectivity index (χ3v) is 3.29. The molecule has 3 aromatic rings. The van der Waals surface area contributed by atoms with Crippen LogP contribution in [0.3, 0.4) is 0 Å². The van der Waals surface area contributed by atoms with Crippen molar-refractivity contribution < 1.29 is 14.1 Å². The number of amides is 1. The summed E-state index contributed by atoms with van der Waals surface area (Å²) in [6.45, 7) is 1.79. The number of hydrogen-bond donors (Lipinski definition) is 2. The van der Waals surface area contributed by atoms with Crippen molar-refractivity contribution in [2.75, 3.05) is 0 Å². The molecule has 25 heavy (non-hydrogen) atoms. The van der Waals surface area contributed by atoms with Crippen molar-refractivity contribution >= 4 is 17.8 Å². The van der Waals surface area contributed by atoms with E-state index in [-0.39, 0.29) is 11.4 Å². The Balaban J connectivity index is 1.65. The predicted molar refractivity (Wildman–Crippen MR) is 89.2 cm³/mol. The molecule has 0 saturated heterocycles. The fourth-order valence-corrected chi connectivity index (χ4v) is 2.07. The maximum Gasteiger partial charge on any atom is 0.291 e. The number of hydrogen-bond acceptors (Lipinski definition) is 6. The average Bonchev–Trinajstić information content (AvgIpc) is 3.24. The number of aromatic amines is 1. The van der Waals surface area contributed by atoms with Crippen molar-refractivity contribution in [2.24, 2.45) is 5.10 Å². The fraction of sp³-hybridized carbons (Fsp3) is 0.0625. The van der Waals surface area contributed by atoms with Gasteiger partial charge in [0.2, 0.25) is 0 Å². The van der Waals surface area contributed by atoms with Crippen LogP contribution in [0.15, 0.2) is 52.0 Å². The van der Waals surface area contributed by atoms with E-state index in [1.807, 2.05) is 0 Å². The molecule has 0 unspecified atom stereocenters. The van der Waals surface area contributed by atoms with Gasteiger partial charge in [0.25, 0.3) is 11.6 Å². The smallest absolute Gasteiger partial charge is 0.291 e. The molecule has 2 N–H and O–H groups in total. The molecule has 2 aromatic heterocycles. The summed E-state index contributed by atoms with van der Waals surface area (Å²) in [4.78, 5) is 22.0. The molecule has 0 spiro atoms. The minimum absolute atomic E-state index is 0.00778. The molecule has 0 atom stereocenters. The van der Waals surface area contributed by atoms with E-state index in [9.17, 15) is 14.9 Å². The van der Waals surface area contributed by atoms with Gasteiger partial charge in [0.05, 0.1) is 11.1 Å². The van der Waals surface area contributed by atoms with Crippen molar-refractivity contribution in [1.82, 2.24) is 15.6 Å². The number of carbonyl (C=O) groups excluding carboxylic acids is 1. The number of aryl methyl sites for hydroxylation is 1. The largest absolute Gasteiger partial charge is 0.455 e. The number of benzene rings is 1. The molecule has 126 valence electrons. The highest BCUT2D eigenvalue weighted by atomic mass is 16.6. The van der Waals surface area contributed by atoms with Gasteiger partial charge in [-0.2, -0.15) is 10.2 Å². The number of nitrogens with one attached hydrogen (secondary N) is 2. The number of H-pyrrole nitrogens is 1. The Morgan fingerprint density at radius 2 is 2.08 bits per heavy atom. The number of nitro groups is 1. The van der Waals surface area contributed by atoms with Crippen LogP contribution in [-0.4, -0.2) is 27.2 Å². The molecule has 0 bridgehead atoms. The maximum atomic E-state index is 11.8. The molecule has 0 aliphatic heterocycles.